The topological polar surface area (TPSA) is 77.1 Å². The summed E-state index contributed by atoms with van der Waals surface area (Å²) in [6.07, 6.45) is 4.38. The van der Waals surface area contributed by atoms with Crippen LogP contribution in [-0.2, 0) is 9.53 Å². The number of hydrogen-bond donors (Lipinski definition) is 0. The predicted molar refractivity (Wildman–Crippen MR) is 117 cm³/mol. The molecule has 0 aliphatic carbocycles. The third kappa shape index (κ3) is 4.96. The lowest BCUT2D eigenvalue weighted by molar-refractivity contribution is -0.130. The van der Waals surface area contributed by atoms with Gasteiger partial charge in [-0.2, -0.15) is 10.5 Å². The molecule has 1 aliphatic heterocycles. The van der Waals surface area contributed by atoms with Gasteiger partial charge in [-0.3, -0.25) is 0 Å². The number of cyclic esters (lactones) is 1. The fraction of sp³-hybridized carbons (Fsp3) is 0.240. The molecule has 1 heterocycles. The maximum atomic E-state index is 12.4. The van der Waals surface area contributed by atoms with Crippen molar-refractivity contribution < 1.29 is 9.53 Å². The van der Waals surface area contributed by atoms with Gasteiger partial charge < -0.3 is 9.64 Å². The van der Waals surface area contributed by atoms with Gasteiger partial charge >= 0.3 is 5.97 Å². The van der Waals surface area contributed by atoms with Crippen molar-refractivity contribution >= 4 is 23.5 Å². The van der Waals surface area contributed by atoms with Crippen LogP contribution in [0.1, 0.15) is 35.1 Å². The first kappa shape index (κ1) is 20.9. The first-order valence-corrected chi connectivity index (χ1v) is 9.84. The van der Waals surface area contributed by atoms with E-state index in [4.69, 9.17) is 15.3 Å². The molecular formula is C25H23N3O2. The SMILES string of the molecule is Cc1ccc(C)c(C2=CC(=Cc3ccc(N(CCC#N)CCC#N)cc3)C(=O)O2)c1. The number of carbonyl (C=O) groups excluding carboxylic acids is 1. The molecule has 5 nitrogen and oxygen atoms in total. The number of hydrogen-bond acceptors (Lipinski definition) is 5. The largest absolute Gasteiger partial charge is 0.422 e. The van der Waals surface area contributed by atoms with Crippen LogP contribution < -0.4 is 4.90 Å². The van der Waals surface area contributed by atoms with Gasteiger partial charge in [0.1, 0.15) is 5.76 Å². The molecule has 0 bridgehead atoms. The molecule has 150 valence electrons. The minimum Gasteiger partial charge on any atom is -0.422 e. The van der Waals surface area contributed by atoms with E-state index in [1.165, 1.54) is 0 Å². The number of aryl methyl sites for hydroxylation is 2. The smallest absolute Gasteiger partial charge is 0.343 e. The number of ether oxygens (including phenoxy) is 1. The Bertz CT molecular complexity index is 1060. The maximum absolute atomic E-state index is 12.4. The van der Waals surface area contributed by atoms with Crippen molar-refractivity contribution in [1.82, 2.24) is 0 Å². The lowest BCUT2D eigenvalue weighted by atomic mass is 10.0. The van der Waals surface area contributed by atoms with Gasteiger partial charge in [0.2, 0.25) is 0 Å². The van der Waals surface area contributed by atoms with E-state index >= 15 is 0 Å². The number of nitriles is 2. The van der Waals surface area contributed by atoms with E-state index in [0.29, 0.717) is 37.3 Å². The molecule has 2 aromatic rings. The molecule has 5 heteroatoms. The summed E-state index contributed by atoms with van der Waals surface area (Å²) in [6, 6.07) is 18.1. The molecule has 0 saturated heterocycles. The summed E-state index contributed by atoms with van der Waals surface area (Å²) in [5.74, 6) is 0.211. The normalized spacial score (nSPS) is 14.1. The summed E-state index contributed by atoms with van der Waals surface area (Å²) in [7, 11) is 0. The molecule has 0 fully saturated rings. The van der Waals surface area contributed by atoms with Crippen molar-refractivity contribution in [2.45, 2.75) is 26.7 Å². The minimum atomic E-state index is -0.361. The van der Waals surface area contributed by atoms with Gasteiger partial charge in [0.25, 0.3) is 0 Å². The Morgan fingerprint density at radius 1 is 1.00 bits per heavy atom. The quantitative estimate of drug-likeness (QED) is 0.490. The summed E-state index contributed by atoms with van der Waals surface area (Å²) >= 11 is 0. The fourth-order valence-electron chi connectivity index (χ4n) is 3.32. The summed E-state index contributed by atoms with van der Waals surface area (Å²) in [4.78, 5) is 14.4. The minimum absolute atomic E-state index is 0.361. The molecular weight excluding hydrogens is 374 g/mol. The van der Waals surface area contributed by atoms with Crippen LogP contribution in [-0.4, -0.2) is 19.1 Å². The number of carbonyl (C=O) groups is 1. The molecule has 0 amide bonds. The second kappa shape index (κ2) is 9.58. The van der Waals surface area contributed by atoms with Crippen LogP contribution in [0.2, 0.25) is 0 Å². The first-order valence-electron chi connectivity index (χ1n) is 9.84. The number of benzene rings is 2. The zero-order valence-electron chi connectivity index (χ0n) is 17.2. The van der Waals surface area contributed by atoms with Gasteiger partial charge in [-0.1, -0.05) is 29.8 Å². The van der Waals surface area contributed by atoms with Crippen molar-refractivity contribution in [1.29, 1.82) is 10.5 Å². The summed E-state index contributed by atoms with van der Waals surface area (Å²) < 4.78 is 5.50. The molecule has 0 atom stereocenters. The first-order chi connectivity index (χ1) is 14.5. The van der Waals surface area contributed by atoms with Gasteiger partial charge in [0.15, 0.2) is 0 Å². The van der Waals surface area contributed by atoms with E-state index in [-0.39, 0.29) is 5.97 Å². The molecule has 0 unspecified atom stereocenters. The molecule has 0 saturated carbocycles. The van der Waals surface area contributed by atoms with Crippen molar-refractivity contribution in [2.24, 2.45) is 0 Å². The Morgan fingerprint density at radius 2 is 1.67 bits per heavy atom. The van der Waals surface area contributed by atoms with E-state index in [0.717, 1.165) is 27.9 Å². The third-order valence-corrected chi connectivity index (χ3v) is 4.95. The highest BCUT2D eigenvalue weighted by Crippen LogP contribution is 2.30. The van der Waals surface area contributed by atoms with Crippen molar-refractivity contribution in [3.63, 3.8) is 0 Å². The Hall–Kier alpha value is -3.83. The van der Waals surface area contributed by atoms with Gasteiger partial charge in [-0.05, 0) is 55.3 Å². The highest BCUT2D eigenvalue weighted by atomic mass is 16.5. The molecule has 3 rings (SSSR count). The average Bonchev–Trinajstić information content (AvgIpc) is 3.10. The van der Waals surface area contributed by atoms with Crippen LogP contribution in [0.15, 0.2) is 54.1 Å². The zero-order chi connectivity index (χ0) is 21.5. The van der Waals surface area contributed by atoms with E-state index in [1.54, 1.807) is 12.2 Å². The number of anilines is 1. The third-order valence-electron chi connectivity index (χ3n) is 4.95. The van der Waals surface area contributed by atoms with Crippen molar-refractivity contribution in [3.8, 4) is 12.1 Å². The Balaban J connectivity index is 1.82. The van der Waals surface area contributed by atoms with E-state index in [2.05, 4.69) is 12.1 Å². The van der Waals surface area contributed by atoms with Gasteiger partial charge in [-0.15, -0.1) is 0 Å². The summed E-state index contributed by atoms with van der Waals surface area (Å²) in [5, 5.41) is 17.7. The fourth-order valence-corrected chi connectivity index (χ4v) is 3.32. The van der Waals surface area contributed by atoms with Crippen LogP contribution in [0.25, 0.3) is 11.8 Å². The van der Waals surface area contributed by atoms with Crippen LogP contribution >= 0.6 is 0 Å². The van der Waals surface area contributed by atoms with E-state index in [9.17, 15) is 4.79 Å². The lowest BCUT2D eigenvalue weighted by Gasteiger charge is -2.22. The molecule has 0 spiro atoms. The predicted octanol–water partition coefficient (Wildman–Crippen LogP) is 4.92. The van der Waals surface area contributed by atoms with Gasteiger partial charge in [0, 0.05) is 24.3 Å². The van der Waals surface area contributed by atoms with Crippen LogP contribution in [0, 0.1) is 36.5 Å². The Morgan fingerprint density at radius 3 is 2.30 bits per heavy atom. The van der Waals surface area contributed by atoms with E-state index < -0.39 is 0 Å². The monoisotopic (exact) mass is 397 g/mol. The molecule has 2 aromatic carbocycles. The van der Waals surface area contributed by atoms with Crippen molar-refractivity contribution in [3.05, 3.63) is 76.4 Å². The average molecular weight is 397 g/mol. The van der Waals surface area contributed by atoms with Gasteiger partial charge in [0.05, 0.1) is 30.6 Å². The van der Waals surface area contributed by atoms with E-state index in [1.807, 2.05) is 61.2 Å². The summed E-state index contributed by atoms with van der Waals surface area (Å²) in [6.45, 7) is 5.16. The van der Waals surface area contributed by atoms with Gasteiger partial charge in [-0.25, -0.2) is 4.79 Å². The molecule has 0 N–H and O–H groups in total. The Labute approximate surface area is 177 Å². The number of nitrogens with zero attached hydrogens (tertiary/aromatic N) is 3. The van der Waals surface area contributed by atoms with Crippen molar-refractivity contribution in [2.75, 3.05) is 18.0 Å². The highest BCUT2D eigenvalue weighted by molar-refractivity contribution is 6.05. The Kier molecular flexibility index (Phi) is 6.67. The lowest BCUT2D eigenvalue weighted by Crippen LogP contribution is -2.25. The molecule has 30 heavy (non-hydrogen) atoms. The maximum Gasteiger partial charge on any atom is 0.343 e. The summed E-state index contributed by atoms with van der Waals surface area (Å²) in [5.41, 5.74) is 5.42. The standard InChI is InChI=1S/C25H23N3O2/c1-18-5-6-19(2)23(15-18)24-17-21(25(29)30-24)16-20-7-9-22(10-8-20)28(13-3-11-26)14-4-12-27/h5-10,15-17H,3-4,13-14H2,1-2H3. The second-order valence-corrected chi connectivity index (χ2v) is 7.21. The number of rotatable bonds is 7. The van der Waals surface area contributed by atoms with Crippen LogP contribution in [0.4, 0.5) is 5.69 Å². The molecule has 0 aromatic heterocycles. The number of esters is 1. The zero-order valence-corrected chi connectivity index (χ0v) is 17.2. The second-order valence-electron chi connectivity index (χ2n) is 7.21. The van der Waals surface area contributed by atoms with Crippen LogP contribution in [0.3, 0.4) is 0 Å². The molecule has 0 radical (unpaired) electrons. The highest BCUT2D eigenvalue weighted by Gasteiger charge is 2.23. The van der Waals surface area contributed by atoms with Crippen LogP contribution in [0.5, 0.6) is 0 Å². The molecule has 1 aliphatic rings.